The molecule has 3 aromatic rings. The summed E-state index contributed by atoms with van der Waals surface area (Å²) in [5.41, 5.74) is 0.737. The number of anilines is 1. The molecule has 0 fully saturated rings. The first-order chi connectivity index (χ1) is 10.7. The Labute approximate surface area is 124 Å². The van der Waals surface area contributed by atoms with Gasteiger partial charge < -0.3 is 5.32 Å². The number of hydrogen-bond acceptors (Lipinski definition) is 3. The van der Waals surface area contributed by atoms with Gasteiger partial charge in [-0.25, -0.2) is 23.1 Å². The van der Waals surface area contributed by atoms with Gasteiger partial charge in [-0.05, 0) is 30.2 Å². The molecule has 0 spiro atoms. The highest BCUT2D eigenvalue weighted by atomic mass is 19.2. The van der Waals surface area contributed by atoms with E-state index in [-0.39, 0.29) is 17.4 Å². The summed E-state index contributed by atoms with van der Waals surface area (Å²) >= 11 is 0. The van der Waals surface area contributed by atoms with Crippen LogP contribution in [0.5, 0.6) is 0 Å². The van der Waals surface area contributed by atoms with Gasteiger partial charge in [-0.1, -0.05) is 18.2 Å². The predicted octanol–water partition coefficient (Wildman–Crippen LogP) is 3.70. The molecule has 0 unspecified atom stereocenters. The molecule has 0 saturated heterocycles. The molecule has 22 heavy (non-hydrogen) atoms. The molecule has 0 radical (unpaired) electrons. The molecule has 2 aromatic carbocycles. The fourth-order valence-electron chi connectivity index (χ4n) is 2.26. The summed E-state index contributed by atoms with van der Waals surface area (Å²) in [6.45, 7) is 0.292. The molecule has 0 amide bonds. The molecule has 1 N–H and O–H groups in total. The second-order valence-corrected chi connectivity index (χ2v) is 4.75. The van der Waals surface area contributed by atoms with E-state index in [9.17, 15) is 13.2 Å². The quantitative estimate of drug-likeness (QED) is 0.798. The van der Waals surface area contributed by atoms with Gasteiger partial charge in [0.1, 0.15) is 18.0 Å². The lowest BCUT2D eigenvalue weighted by atomic mass is 10.1. The van der Waals surface area contributed by atoms with Gasteiger partial charge in [-0.2, -0.15) is 0 Å². The van der Waals surface area contributed by atoms with E-state index in [4.69, 9.17) is 0 Å². The Bertz CT molecular complexity index is 816. The lowest BCUT2D eigenvalue weighted by Crippen LogP contribution is -2.09. The molecule has 0 aliphatic carbocycles. The zero-order chi connectivity index (χ0) is 15.5. The Morgan fingerprint density at radius 1 is 0.909 bits per heavy atom. The summed E-state index contributed by atoms with van der Waals surface area (Å²) < 4.78 is 40.6. The molecule has 0 atom stereocenters. The minimum atomic E-state index is -0.879. The summed E-state index contributed by atoms with van der Waals surface area (Å²) in [5.74, 6) is -1.84. The Morgan fingerprint density at radius 3 is 2.55 bits per heavy atom. The molecule has 112 valence electrons. The number of fused-ring (bicyclic) bond motifs is 1. The fraction of sp³-hybridized carbons (Fsp3) is 0.125. The van der Waals surface area contributed by atoms with Gasteiger partial charge >= 0.3 is 0 Å². The Balaban J connectivity index is 1.79. The van der Waals surface area contributed by atoms with Crippen LogP contribution in [0.15, 0.2) is 42.7 Å². The largest absolute Gasteiger partial charge is 0.369 e. The number of benzene rings is 2. The zero-order valence-electron chi connectivity index (χ0n) is 11.5. The number of nitrogens with one attached hydrogen (secondary N) is 1. The SMILES string of the molecule is Fc1cccc(CCNc2ncnc3cccc(F)c23)c1F. The zero-order valence-corrected chi connectivity index (χ0v) is 11.5. The number of aromatic nitrogens is 2. The molecule has 0 aliphatic rings. The molecule has 3 rings (SSSR count). The van der Waals surface area contributed by atoms with Crippen molar-refractivity contribution in [3.63, 3.8) is 0 Å². The van der Waals surface area contributed by atoms with Crippen molar-refractivity contribution in [3.8, 4) is 0 Å². The van der Waals surface area contributed by atoms with E-state index in [1.165, 1.54) is 24.5 Å². The topological polar surface area (TPSA) is 37.8 Å². The smallest absolute Gasteiger partial charge is 0.162 e. The molecule has 1 heterocycles. The first-order valence-corrected chi connectivity index (χ1v) is 6.73. The second-order valence-electron chi connectivity index (χ2n) is 4.75. The summed E-state index contributed by atoms with van der Waals surface area (Å²) in [4.78, 5) is 8.00. The van der Waals surface area contributed by atoms with Crippen LogP contribution < -0.4 is 5.32 Å². The maximum atomic E-state index is 13.9. The summed E-state index contributed by atoms with van der Waals surface area (Å²) in [6, 6.07) is 8.60. The van der Waals surface area contributed by atoms with Gasteiger partial charge in [0.2, 0.25) is 0 Å². The maximum Gasteiger partial charge on any atom is 0.162 e. The van der Waals surface area contributed by atoms with Crippen molar-refractivity contribution in [1.29, 1.82) is 0 Å². The Kier molecular flexibility index (Phi) is 3.91. The fourth-order valence-corrected chi connectivity index (χ4v) is 2.26. The molecule has 3 nitrogen and oxygen atoms in total. The molecular weight excluding hydrogens is 291 g/mol. The van der Waals surface area contributed by atoms with Crippen LogP contribution in [0, 0.1) is 17.5 Å². The normalized spacial score (nSPS) is 10.9. The molecule has 0 aliphatic heterocycles. The number of nitrogens with zero attached hydrogens (tertiary/aromatic N) is 2. The molecule has 0 bridgehead atoms. The van der Waals surface area contributed by atoms with Crippen LogP contribution in [0.1, 0.15) is 5.56 Å². The van der Waals surface area contributed by atoms with Gasteiger partial charge in [-0.15, -0.1) is 0 Å². The van der Waals surface area contributed by atoms with Crippen LogP contribution in [0.3, 0.4) is 0 Å². The third-order valence-electron chi connectivity index (χ3n) is 3.33. The predicted molar refractivity (Wildman–Crippen MR) is 78.0 cm³/mol. The highest BCUT2D eigenvalue weighted by Gasteiger charge is 2.10. The Hall–Kier alpha value is -2.63. The van der Waals surface area contributed by atoms with E-state index in [0.29, 0.717) is 17.9 Å². The molecule has 6 heteroatoms. The van der Waals surface area contributed by atoms with Crippen molar-refractivity contribution >= 4 is 16.7 Å². The van der Waals surface area contributed by atoms with E-state index in [1.807, 2.05) is 0 Å². The number of hydrogen-bond donors (Lipinski definition) is 1. The van der Waals surface area contributed by atoms with E-state index >= 15 is 0 Å². The van der Waals surface area contributed by atoms with Gasteiger partial charge in [-0.3, -0.25) is 0 Å². The van der Waals surface area contributed by atoms with Crippen LogP contribution in [0.4, 0.5) is 19.0 Å². The average Bonchev–Trinajstić information content (AvgIpc) is 2.52. The summed E-state index contributed by atoms with van der Waals surface area (Å²) in [7, 11) is 0. The molecule has 1 aromatic heterocycles. The average molecular weight is 303 g/mol. The Morgan fingerprint density at radius 2 is 1.68 bits per heavy atom. The third kappa shape index (κ3) is 2.72. The van der Waals surface area contributed by atoms with Crippen molar-refractivity contribution in [3.05, 3.63) is 65.7 Å². The van der Waals surface area contributed by atoms with Crippen molar-refractivity contribution in [2.45, 2.75) is 6.42 Å². The van der Waals surface area contributed by atoms with Crippen molar-refractivity contribution in [2.24, 2.45) is 0 Å². The van der Waals surface area contributed by atoms with E-state index in [1.54, 1.807) is 12.1 Å². The summed E-state index contributed by atoms with van der Waals surface area (Å²) in [5, 5.41) is 3.23. The van der Waals surface area contributed by atoms with Gasteiger partial charge in [0.15, 0.2) is 11.6 Å². The molecule has 0 saturated carbocycles. The third-order valence-corrected chi connectivity index (χ3v) is 3.33. The number of rotatable bonds is 4. The monoisotopic (exact) mass is 303 g/mol. The van der Waals surface area contributed by atoms with Crippen LogP contribution in [0.25, 0.3) is 10.9 Å². The minimum absolute atomic E-state index is 0.254. The first kappa shape index (κ1) is 14.3. The first-order valence-electron chi connectivity index (χ1n) is 6.73. The highest BCUT2D eigenvalue weighted by molar-refractivity contribution is 5.89. The van der Waals surface area contributed by atoms with Crippen LogP contribution in [-0.2, 0) is 6.42 Å². The van der Waals surface area contributed by atoms with Gasteiger partial charge in [0.25, 0.3) is 0 Å². The van der Waals surface area contributed by atoms with Crippen LogP contribution in [-0.4, -0.2) is 16.5 Å². The molecular formula is C16H12F3N3. The lowest BCUT2D eigenvalue weighted by Gasteiger charge is -2.09. The van der Waals surface area contributed by atoms with Gasteiger partial charge in [0, 0.05) is 6.54 Å². The van der Waals surface area contributed by atoms with E-state index in [0.717, 1.165) is 6.07 Å². The van der Waals surface area contributed by atoms with Crippen molar-refractivity contribution in [1.82, 2.24) is 9.97 Å². The highest BCUT2D eigenvalue weighted by Crippen LogP contribution is 2.22. The lowest BCUT2D eigenvalue weighted by molar-refractivity contribution is 0.499. The van der Waals surface area contributed by atoms with Crippen molar-refractivity contribution in [2.75, 3.05) is 11.9 Å². The second kappa shape index (κ2) is 6.01. The van der Waals surface area contributed by atoms with Crippen molar-refractivity contribution < 1.29 is 13.2 Å². The van der Waals surface area contributed by atoms with E-state index < -0.39 is 17.5 Å². The minimum Gasteiger partial charge on any atom is -0.369 e. The van der Waals surface area contributed by atoms with E-state index in [2.05, 4.69) is 15.3 Å². The summed E-state index contributed by atoms with van der Waals surface area (Å²) in [6.07, 6.45) is 1.58. The standard InChI is InChI=1S/C16H12F3N3/c17-11-4-2-6-13-14(11)16(22-9-21-13)20-8-7-10-3-1-5-12(18)15(10)19/h1-6,9H,7-8H2,(H,20,21,22). The van der Waals surface area contributed by atoms with Crippen LogP contribution in [0.2, 0.25) is 0 Å². The number of halogens is 3. The maximum absolute atomic E-state index is 13.9. The van der Waals surface area contributed by atoms with Crippen LogP contribution >= 0.6 is 0 Å². The van der Waals surface area contributed by atoms with Gasteiger partial charge in [0.05, 0.1) is 10.9 Å².